The van der Waals surface area contributed by atoms with Crippen molar-refractivity contribution >= 4 is 34.9 Å². The van der Waals surface area contributed by atoms with E-state index in [1.54, 1.807) is 18.2 Å². The minimum atomic E-state index is -1.20. The van der Waals surface area contributed by atoms with Crippen molar-refractivity contribution in [3.63, 3.8) is 0 Å². The zero-order valence-electron chi connectivity index (χ0n) is 19.0. The Hall–Kier alpha value is -3.52. The van der Waals surface area contributed by atoms with Gasteiger partial charge >= 0.3 is 5.97 Å². The number of carboxylic acid groups (broad SMARTS) is 1. The molecule has 2 aromatic carbocycles. The van der Waals surface area contributed by atoms with Crippen LogP contribution < -0.4 is 19.1 Å². The number of methoxy groups -OCH3 is 3. The summed E-state index contributed by atoms with van der Waals surface area (Å²) in [5.74, 6) is -0.623. The number of carbonyl (C=O) groups excluding carboxylic acids is 2. The highest BCUT2D eigenvalue weighted by Gasteiger charge is 2.41. The van der Waals surface area contributed by atoms with Crippen LogP contribution in [-0.2, 0) is 9.59 Å². The van der Waals surface area contributed by atoms with Crippen molar-refractivity contribution in [3.8, 4) is 17.2 Å². The van der Waals surface area contributed by atoms with Gasteiger partial charge in [-0.15, -0.1) is 0 Å². The van der Waals surface area contributed by atoms with Crippen LogP contribution in [0.25, 0.3) is 0 Å². The third kappa shape index (κ3) is 3.98. The van der Waals surface area contributed by atoms with Crippen LogP contribution >= 0.6 is 11.6 Å². The number of carbonyl (C=O) groups is 3. The minimum Gasteiger partial charge on any atom is -0.496 e. The largest absolute Gasteiger partial charge is 0.496 e. The van der Waals surface area contributed by atoms with Gasteiger partial charge in [0.15, 0.2) is 17.3 Å². The number of aromatic carboxylic acids is 1. The van der Waals surface area contributed by atoms with Crippen molar-refractivity contribution in [2.24, 2.45) is 0 Å². The summed E-state index contributed by atoms with van der Waals surface area (Å²) in [6.07, 6.45) is 1.47. The number of nitrogens with zero attached hydrogens (tertiary/aromatic N) is 1. The number of halogens is 1. The van der Waals surface area contributed by atoms with Crippen LogP contribution in [0.3, 0.4) is 0 Å². The number of hydrogen-bond donors (Lipinski definition) is 1. The topological polar surface area (TPSA) is 102 Å². The van der Waals surface area contributed by atoms with Gasteiger partial charge in [-0.05, 0) is 37.1 Å². The molecule has 0 bridgehead atoms. The second-order valence-corrected chi connectivity index (χ2v) is 8.45. The van der Waals surface area contributed by atoms with Gasteiger partial charge in [0, 0.05) is 47.3 Å². The molecule has 1 unspecified atom stereocenters. The van der Waals surface area contributed by atoms with Crippen molar-refractivity contribution < 1.29 is 33.7 Å². The number of carboxylic acids is 1. The van der Waals surface area contributed by atoms with Gasteiger partial charge in [0.2, 0.25) is 5.91 Å². The van der Waals surface area contributed by atoms with E-state index in [4.69, 9.17) is 25.8 Å². The van der Waals surface area contributed by atoms with E-state index < -0.39 is 11.9 Å². The molecule has 2 aliphatic rings. The van der Waals surface area contributed by atoms with Gasteiger partial charge in [0.05, 0.1) is 31.9 Å². The first-order valence-corrected chi connectivity index (χ1v) is 11.1. The van der Waals surface area contributed by atoms with Gasteiger partial charge in [-0.2, -0.15) is 0 Å². The Morgan fingerprint density at radius 1 is 1.00 bits per heavy atom. The summed E-state index contributed by atoms with van der Waals surface area (Å²) in [4.78, 5) is 39.7. The van der Waals surface area contributed by atoms with E-state index in [9.17, 15) is 19.5 Å². The molecule has 4 rings (SSSR count). The van der Waals surface area contributed by atoms with Crippen molar-refractivity contribution in [2.45, 2.75) is 31.6 Å². The Labute approximate surface area is 201 Å². The lowest BCUT2D eigenvalue weighted by atomic mass is 9.76. The van der Waals surface area contributed by atoms with Crippen molar-refractivity contribution in [1.82, 2.24) is 0 Å². The van der Waals surface area contributed by atoms with Crippen LogP contribution in [0.2, 0.25) is 5.02 Å². The summed E-state index contributed by atoms with van der Waals surface area (Å²) in [6.45, 7) is 0. The fraction of sp³-hybridized carbons (Fsp3) is 0.320. The number of anilines is 1. The maximum Gasteiger partial charge on any atom is 0.337 e. The molecule has 2 aromatic rings. The summed E-state index contributed by atoms with van der Waals surface area (Å²) >= 11 is 6.03. The third-order valence-corrected chi connectivity index (χ3v) is 6.55. The molecule has 1 aliphatic carbocycles. The molecule has 1 aliphatic heterocycles. The number of amides is 1. The van der Waals surface area contributed by atoms with Crippen LogP contribution in [0.1, 0.15) is 47.5 Å². The van der Waals surface area contributed by atoms with E-state index >= 15 is 0 Å². The number of ketones is 1. The molecule has 178 valence electrons. The molecule has 0 radical (unpaired) electrons. The molecule has 1 N–H and O–H groups in total. The highest BCUT2D eigenvalue weighted by Crippen LogP contribution is 2.48. The maximum absolute atomic E-state index is 13.5. The second kappa shape index (κ2) is 9.38. The van der Waals surface area contributed by atoms with Crippen molar-refractivity contribution in [3.05, 3.63) is 57.8 Å². The predicted octanol–water partition coefficient (Wildman–Crippen LogP) is 4.59. The zero-order valence-corrected chi connectivity index (χ0v) is 19.8. The van der Waals surface area contributed by atoms with E-state index in [1.165, 1.54) is 38.4 Å². The molecule has 0 aromatic heterocycles. The smallest absolute Gasteiger partial charge is 0.337 e. The Bertz CT molecular complexity index is 1220. The highest BCUT2D eigenvalue weighted by atomic mass is 35.5. The van der Waals surface area contributed by atoms with Crippen LogP contribution in [0, 0.1) is 0 Å². The van der Waals surface area contributed by atoms with Gasteiger partial charge < -0.3 is 19.3 Å². The van der Waals surface area contributed by atoms with Crippen LogP contribution in [0.4, 0.5) is 5.69 Å². The quantitative estimate of drug-likeness (QED) is 0.638. The summed E-state index contributed by atoms with van der Waals surface area (Å²) in [6, 6.07) is 7.82. The first kappa shape index (κ1) is 23.6. The summed E-state index contributed by atoms with van der Waals surface area (Å²) in [5.41, 5.74) is 2.01. The van der Waals surface area contributed by atoms with Gasteiger partial charge in [0.25, 0.3) is 0 Å². The van der Waals surface area contributed by atoms with E-state index in [0.29, 0.717) is 59.0 Å². The number of rotatable bonds is 6. The van der Waals surface area contributed by atoms with Crippen LogP contribution in [-0.4, -0.2) is 44.1 Å². The Morgan fingerprint density at radius 3 is 2.32 bits per heavy atom. The fourth-order valence-electron chi connectivity index (χ4n) is 4.70. The summed E-state index contributed by atoms with van der Waals surface area (Å²) in [5, 5.41) is 9.55. The van der Waals surface area contributed by atoms with Gasteiger partial charge in [-0.25, -0.2) is 4.79 Å². The molecule has 0 saturated heterocycles. The fourth-order valence-corrected chi connectivity index (χ4v) is 4.90. The molecule has 8 nitrogen and oxygen atoms in total. The number of benzene rings is 2. The lowest BCUT2D eigenvalue weighted by molar-refractivity contribution is -0.119. The van der Waals surface area contributed by atoms with Crippen LogP contribution in [0.5, 0.6) is 17.2 Å². The average molecular weight is 486 g/mol. The van der Waals surface area contributed by atoms with E-state index in [0.717, 1.165) is 0 Å². The second-order valence-electron chi connectivity index (χ2n) is 8.04. The third-order valence-electron chi connectivity index (χ3n) is 6.23. The first-order valence-electron chi connectivity index (χ1n) is 10.7. The minimum absolute atomic E-state index is 0.00144. The monoisotopic (exact) mass is 485 g/mol. The molecular formula is C25H24ClNO7. The molecule has 9 heteroatoms. The highest BCUT2D eigenvalue weighted by molar-refractivity contribution is 6.33. The summed E-state index contributed by atoms with van der Waals surface area (Å²) < 4.78 is 16.4. The van der Waals surface area contributed by atoms with Crippen molar-refractivity contribution in [1.29, 1.82) is 0 Å². The Balaban J connectivity index is 1.90. The van der Waals surface area contributed by atoms with Crippen LogP contribution in [0.15, 0.2) is 41.6 Å². The molecule has 1 atom stereocenters. The van der Waals surface area contributed by atoms with Gasteiger partial charge in [-0.1, -0.05) is 11.6 Å². The molecule has 34 heavy (non-hydrogen) atoms. The lowest BCUT2D eigenvalue weighted by Crippen LogP contribution is -2.40. The summed E-state index contributed by atoms with van der Waals surface area (Å²) in [7, 11) is 4.54. The maximum atomic E-state index is 13.5. The van der Waals surface area contributed by atoms with Crippen molar-refractivity contribution in [2.75, 3.05) is 26.2 Å². The number of allylic oxidation sites excluding steroid dienone is 2. The van der Waals surface area contributed by atoms with E-state index in [-0.39, 0.29) is 28.7 Å². The predicted molar refractivity (Wildman–Crippen MR) is 125 cm³/mol. The molecule has 1 amide bonds. The van der Waals surface area contributed by atoms with E-state index in [2.05, 4.69) is 0 Å². The SMILES string of the molecule is COc1cc(OC)c(C2CC(=O)N(c3ccc(Cl)c(C(=O)O)c3)C3=C2C(=O)CCC3)cc1OC. The molecule has 1 heterocycles. The number of hydrogen-bond acceptors (Lipinski definition) is 6. The molecule has 0 fully saturated rings. The zero-order chi connectivity index (χ0) is 24.6. The molecule has 0 spiro atoms. The standard InChI is InChI=1S/C25H24ClNO7/c1-32-20-12-22(34-3)21(33-2)10-14(20)15-11-23(29)27(18-5-4-6-19(28)24(15)18)13-7-8-17(26)16(9-13)25(30)31/h7-10,12,15H,4-6,11H2,1-3H3,(H,30,31). The Morgan fingerprint density at radius 2 is 1.68 bits per heavy atom. The average Bonchev–Trinajstić information content (AvgIpc) is 2.83. The van der Waals surface area contributed by atoms with Gasteiger partial charge in [-0.3, -0.25) is 14.5 Å². The van der Waals surface area contributed by atoms with E-state index in [1.807, 2.05) is 0 Å². The first-order chi connectivity index (χ1) is 16.3. The number of ether oxygens (including phenoxy) is 3. The lowest BCUT2D eigenvalue weighted by Gasteiger charge is -2.38. The molecular weight excluding hydrogens is 462 g/mol. The molecule has 0 saturated carbocycles. The normalized spacial score (nSPS) is 18.0. The van der Waals surface area contributed by atoms with Gasteiger partial charge in [0.1, 0.15) is 5.75 Å². The number of Topliss-reactive ketones (excluding diaryl/α,β-unsaturated/α-hetero) is 1. The Kier molecular flexibility index (Phi) is 6.52.